The van der Waals surface area contributed by atoms with E-state index in [4.69, 9.17) is 0 Å². The van der Waals surface area contributed by atoms with Crippen LogP contribution in [0.2, 0.25) is 0 Å². The first kappa shape index (κ1) is 16.4. The molecule has 1 aromatic carbocycles. The number of amides is 1. The molecule has 2 atom stereocenters. The van der Waals surface area contributed by atoms with Crippen molar-refractivity contribution in [2.24, 2.45) is 5.92 Å². The van der Waals surface area contributed by atoms with Crippen LogP contribution >= 0.6 is 0 Å². The number of rotatable bonds is 3. The Balaban J connectivity index is 1.60. The third-order valence-electron chi connectivity index (χ3n) is 5.24. The van der Waals surface area contributed by atoms with E-state index in [1.54, 1.807) is 12.1 Å². The van der Waals surface area contributed by atoms with E-state index in [-0.39, 0.29) is 11.7 Å². The van der Waals surface area contributed by atoms with Crippen LogP contribution in [0.15, 0.2) is 24.3 Å². The number of carbonyl (C=O) groups is 1. The highest BCUT2D eigenvalue weighted by molar-refractivity contribution is 5.79. The highest BCUT2D eigenvalue weighted by atomic mass is 19.1. The van der Waals surface area contributed by atoms with Crippen LogP contribution in [-0.4, -0.2) is 41.4 Å². The maximum Gasteiger partial charge on any atom is 0.227 e. The summed E-state index contributed by atoms with van der Waals surface area (Å²) in [6, 6.07) is 7.17. The lowest BCUT2D eigenvalue weighted by Crippen LogP contribution is -2.49. The van der Waals surface area contributed by atoms with Crippen LogP contribution in [0.25, 0.3) is 0 Å². The lowest BCUT2D eigenvalue weighted by Gasteiger charge is -2.39. The second-order valence-electron chi connectivity index (χ2n) is 7.08. The van der Waals surface area contributed by atoms with Crippen molar-refractivity contribution in [2.75, 3.05) is 19.6 Å². The number of piperidine rings is 2. The summed E-state index contributed by atoms with van der Waals surface area (Å²) >= 11 is 0. The number of carbonyl (C=O) groups excluding carboxylic acids is 1. The molecule has 4 heteroatoms. The van der Waals surface area contributed by atoms with Crippen LogP contribution in [0.5, 0.6) is 0 Å². The molecule has 0 aromatic heterocycles. The largest absolute Gasteiger partial charge is 0.340 e. The first-order chi connectivity index (χ1) is 11.1. The predicted molar refractivity (Wildman–Crippen MR) is 89.4 cm³/mol. The number of benzene rings is 1. The molecular weight excluding hydrogens is 291 g/mol. The Morgan fingerprint density at radius 2 is 2.09 bits per heavy atom. The number of hydrogen-bond acceptors (Lipinski definition) is 2. The minimum Gasteiger partial charge on any atom is -0.340 e. The van der Waals surface area contributed by atoms with Crippen molar-refractivity contribution in [1.82, 2.24) is 9.80 Å². The van der Waals surface area contributed by atoms with Gasteiger partial charge in [0.1, 0.15) is 5.82 Å². The summed E-state index contributed by atoms with van der Waals surface area (Å²) in [6.45, 7) is 5.62. The summed E-state index contributed by atoms with van der Waals surface area (Å²) in [5.74, 6) is 0.258. The quantitative estimate of drug-likeness (QED) is 0.852. The Kier molecular flexibility index (Phi) is 5.31. The summed E-state index contributed by atoms with van der Waals surface area (Å²) < 4.78 is 13.3. The fourth-order valence-electron chi connectivity index (χ4n) is 3.95. The van der Waals surface area contributed by atoms with E-state index >= 15 is 0 Å². The average molecular weight is 318 g/mol. The van der Waals surface area contributed by atoms with Crippen LogP contribution in [-0.2, 0) is 11.3 Å². The summed E-state index contributed by atoms with van der Waals surface area (Å²) in [7, 11) is 0. The van der Waals surface area contributed by atoms with Crippen LogP contribution in [0.3, 0.4) is 0 Å². The summed E-state index contributed by atoms with van der Waals surface area (Å²) in [4.78, 5) is 17.3. The highest BCUT2D eigenvalue weighted by Crippen LogP contribution is 2.25. The molecule has 2 saturated heterocycles. The lowest BCUT2D eigenvalue weighted by atomic mass is 9.93. The van der Waals surface area contributed by atoms with Crippen molar-refractivity contribution in [3.05, 3.63) is 35.6 Å². The molecule has 0 aliphatic carbocycles. The molecule has 2 aliphatic heterocycles. The van der Waals surface area contributed by atoms with Gasteiger partial charge in [0.25, 0.3) is 0 Å². The number of nitrogens with zero attached hydrogens (tertiary/aromatic N) is 2. The summed E-state index contributed by atoms with van der Waals surface area (Å²) in [6.07, 6.45) is 5.54. The van der Waals surface area contributed by atoms with Crippen LogP contribution in [0, 0.1) is 11.7 Å². The summed E-state index contributed by atoms with van der Waals surface area (Å²) in [5.41, 5.74) is 0.990. The van der Waals surface area contributed by atoms with Crippen molar-refractivity contribution in [1.29, 1.82) is 0 Å². The monoisotopic (exact) mass is 318 g/mol. The Hall–Kier alpha value is -1.42. The van der Waals surface area contributed by atoms with Crippen LogP contribution < -0.4 is 0 Å². The SMILES string of the molecule is C[C@@H]1CCCCN1C(=O)[C@H]1CCCN(Cc2cccc(F)c2)C1. The molecular formula is C19H27FN2O. The second-order valence-corrected chi connectivity index (χ2v) is 7.08. The number of likely N-dealkylation sites (tertiary alicyclic amines) is 2. The molecule has 0 radical (unpaired) electrons. The fraction of sp³-hybridized carbons (Fsp3) is 0.632. The number of hydrogen-bond donors (Lipinski definition) is 0. The third-order valence-corrected chi connectivity index (χ3v) is 5.24. The maximum absolute atomic E-state index is 13.3. The molecule has 0 saturated carbocycles. The van der Waals surface area contributed by atoms with Gasteiger partial charge in [-0.3, -0.25) is 9.69 Å². The first-order valence-electron chi connectivity index (χ1n) is 8.91. The topological polar surface area (TPSA) is 23.6 Å². The zero-order valence-electron chi connectivity index (χ0n) is 14.0. The minimum absolute atomic E-state index is 0.109. The molecule has 1 aromatic rings. The van der Waals surface area contributed by atoms with E-state index in [0.29, 0.717) is 11.9 Å². The van der Waals surface area contributed by atoms with Gasteiger partial charge in [-0.25, -0.2) is 4.39 Å². The number of halogens is 1. The lowest BCUT2D eigenvalue weighted by molar-refractivity contribution is -0.140. The highest BCUT2D eigenvalue weighted by Gasteiger charge is 2.32. The van der Waals surface area contributed by atoms with E-state index in [2.05, 4.69) is 16.7 Å². The molecule has 3 rings (SSSR count). The predicted octanol–water partition coefficient (Wildman–Crippen LogP) is 3.44. The Labute approximate surface area is 138 Å². The van der Waals surface area contributed by atoms with Gasteiger partial charge in [-0.15, -0.1) is 0 Å². The van der Waals surface area contributed by atoms with E-state index in [1.807, 2.05) is 6.07 Å². The second kappa shape index (κ2) is 7.43. The molecule has 0 N–H and O–H groups in total. The standard InChI is InChI=1S/C19H27FN2O/c1-15-6-2-3-11-22(15)19(23)17-8-5-10-21(14-17)13-16-7-4-9-18(20)12-16/h4,7,9,12,15,17H,2-3,5-6,8,10-11,13-14H2,1H3/t15-,17+/m1/s1. The van der Waals surface area contributed by atoms with E-state index in [0.717, 1.165) is 57.4 Å². The summed E-state index contributed by atoms with van der Waals surface area (Å²) in [5, 5.41) is 0. The van der Waals surface area contributed by atoms with Gasteiger partial charge in [0.2, 0.25) is 5.91 Å². The first-order valence-corrected chi connectivity index (χ1v) is 8.91. The Morgan fingerprint density at radius 1 is 1.22 bits per heavy atom. The zero-order valence-corrected chi connectivity index (χ0v) is 14.0. The van der Waals surface area contributed by atoms with Gasteiger partial charge in [0, 0.05) is 25.7 Å². The molecule has 1 amide bonds. The molecule has 0 spiro atoms. The van der Waals surface area contributed by atoms with Crippen LogP contribution in [0.1, 0.15) is 44.6 Å². The molecule has 126 valence electrons. The molecule has 23 heavy (non-hydrogen) atoms. The van der Waals surface area contributed by atoms with Crippen molar-refractivity contribution < 1.29 is 9.18 Å². The van der Waals surface area contributed by atoms with E-state index in [1.165, 1.54) is 12.5 Å². The van der Waals surface area contributed by atoms with Gasteiger partial charge in [0.05, 0.1) is 5.92 Å². The van der Waals surface area contributed by atoms with Gasteiger partial charge in [-0.1, -0.05) is 12.1 Å². The van der Waals surface area contributed by atoms with Crippen molar-refractivity contribution in [3.63, 3.8) is 0 Å². The van der Waals surface area contributed by atoms with Gasteiger partial charge < -0.3 is 4.90 Å². The van der Waals surface area contributed by atoms with Gasteiger partial charge in [-0.2, -0.15) is 0 Å². The fourth-order valence-corrected chi connectivity index (χ4v) is 3.95. The third kappa shape index (κ3) is 4.11. The van der Waals surface area contributed by atoms with Crippen molar-refractivity contribution >= 4 is 5.91 Å². The molecule has 0 bridgehead atoms. The van der Waals surface area contributed by atoms with Crippen molar-refractivity contribution in [2.45, 2.75) is 51.6 Å². The molecule has 2 heterocycles. The van der Waals surface area contributed by atoms with Gasteiger partial charge >= 0.3 is 0 Å². The molecule has 2 aliphatic rings. The smallest absolute Gasteiger partial charge is 0.227 e. The minimum atomic E-state index is -0.186. The van der Waals surface area contributed by atoms with E-state index in [9.17, 15) is 9.18 Å². The molecule has 3 nitrogen and oxygen atoms in total. The zero-order chi connectivity index (χ0) is 16.2. The normalized spacial score (nSPS) is 26.3. The van der Waals surface area contributed by atoms with Gasteiger partial charge in [0.15, 0.2) is 0 Å². The Bertz CT molecular complexity index is 548. The maximum atomic E-state index is 13.3. The van der Waals surface area contributed by atoms with Crippen molar-refractivity contribution in [3.8, 4) is 0 Å². The Morgan fingerprint density at radius 3 is 2.87 bits per heavy atom. The molecule has 2 fully saturated rings. The van der Waals surface area contributed by atoms with Crippen LogP contribution in [0.4, 0.5) is 4.39 Å². The van der Waals surface area contributed by atoms with Gasteiger partial charge in [-0.05, 0) is 63.3 Å². The average Bonchev–Trinajstić information content (AvgIpc) is 2.55. The molecule has 0 unspecified atom stereocenters. The van der Waals surface area contributed by atoms with E-state index < -0.39 is 0 Å².